The maximum Gasteiger partial charge on any atom is -0.00286 e. The van der Waals surface area contributed by atoms with Gasteiger partial charge in [-0.05, 0) is 31.1 Å². The summed E-state index contributed by atoms with van der Waals surface area (Å²) in [5.74, 6) is 1.32. The molecule has 0 amide bonds. The Labute approximate surface area is 90.1 Å². The standard InChI is InChI=1S/C14H26/c1-6-9-12(4)10-11-14(8-3)13(5)7-2/h10-12,14H,5-9H2,1-4H3. The van der Waals surface area contributed by atoms with E-state index in [0.29, 0.717) is 5.92 Å². The van der Waals surface area contributed by atoms with Gasteiger partial charge in [-0.3, -0.25) is 0 Å². The number of hydrogen-bond acceptors (Lipinski definition) is 0. The predicted molar refractivity (Wildman–Crippen MR) is 66.4 cm³/mol. The van der Waals surface area contributed by atoms with Crippen LogP contribution in [0.3, 0.4) is 0 Å². The van der Waals surface area contributed by atoms with Crippen molar-refractivity contribution < 1.29 is 0 Å². The third-order valence-electron chi connectivity index (χ3n) is 2.83. The molecule has 0 fully saturated rings. The minimum absolute atomic E-state index is 0.597. The molecule has 0 radical (unpaired) electrons. The molecule has 0 aromatic carbocycles. The van der Waals surface area contributed by atoms with Crippen LogP contribution in [0, 0.1) is 11.8 Å². The van der Waals surface area contributed by atoms with Crippen LogP contribution in [0.25, 0.3) is 0 Å². The van der Waals surface area contributed by atoms with Crippen LogP contribution < -0.4 is 0 Å². The van der Waals surface area contributed by atoms with E-state index in [1.54, 1.807) is 0 Å². The molecule has 0 N–H and O–H groups in total. The van der Waals surface area contributed by atoms with Gasteiger partial charge in [0, 0.05) is 0 Å². The van der Waals surface area contributed by atoms with Gasteiger partial charge in [-0.1, -0.05) is 58.4 Å². The van der Waals surface area contributed by atoms with Gasteiger partial charge in [-0.25, -0.2) is 0 Å². The summed E-state index contributed by atoms with van der Waals surface area (Å²) >= 11 is 0. The van der Waals surface area contributed by atoms with Crippen molar-refractivity contribution in [3.8, 4) is 0 Å². The molecule has 0 heterocycles. The lowest BCUT2D eigenvalue weighted by atomic mass is 9.93. The Morgan fingerprint density at radius 2 is 1.86 bits per heavy atom. The number of hydrogen-bond donors (Lipinski definition) is 0. The van der Waals surface area contributed by atoms with Crippen LogP contribution in [0.2, 0.25) is 0 Å². The molecule has 0 rings (SSSR count). The zero-order chi connectivity index (χ0) is 11.0. The highest BCUT2D eigenvalue weighted by molar-refractivity contribution is 5.09. The molecule has 2 unspecified atom stereocenters. The van der Waals surface area contributed by atoms with Crippen molar-refractivity contribution in [3.63, 3.8) is 0 Å². The molecule has 0 heteroatoms. The fourth-order valence-electron chi connectivity index (χ4n) is 1.70. The molecule has 0 bridgehead atoms. The van der Waals surface area contributed by atoms with E-state index in [9.17, 15) is 0 Å². The lowest BCUT2D eigenvalue weighted by Gasteiger charge is -2.13. The molecule has 14 heavy (non-hydrogen) atoms. The molecule has 0 aliphatic carbocycles. The second-order valence-corrected chi connectivity index (χ2v) is 4.18. The second-order valence-electron chi connectivity index (χ2n) is 4.18. The molecule has 0 aliphatic rings. The van der Waals surface area contributed by atoms with Gasteiger partial charge < -0.3 is 0 Å². The molecule has 0 nitrogen and oxygen atoms in total. The Morgan fingerprint density at radius 1 is 1.21 bits per heavy atom. The summed E-state index contributed by atoms with van der Waals surface area (Å²) in [5, 5.41) is 0. The van der Waals surface area contributed by atoms with Crippen LogP contribution in [-0.2, 0) is 0 Å². The number of allylic oxidation sites excluding steroid dienone is 3. The van der Waals surface area contributed by atoms with Gasteiger partial charge in [0.2, 0.25) is 0 Å². The van der Waals surface area contributed by atoms with Gasteiger partial charge in [0.15, 0.2) is 0 Å². The monoisotopic (exact) mass is 194 g/mol. The first kappa shape index (κ1) is 13.5. The first-order valence-corrected chi connectivity index (χ1v) is 6.01. The Hall–Kier alpha value is -0.520. The van der Waals surface area contributed by atoms with Crippen LogP contribution in [0.4, 0.5) is 0 Å². The summed E-state index contributed by atoms with van der Waals surface area (Å²) in [5.41, 5.74) is 1.37. The lowest BCUT2D eigenvalue weighted by molar-refractivity contribution is 0.621. The molecular weight excluding hydrogens is 168 g/mol. The van der Waals surface area contributed by atoms with E-state index < -0.39 is 0 Å². The molecule has 82 valence electrons. The minimum atomic E-state index is 0.597. The summed E-state index contributed by atoms with van der Waals surface area (Å²) in [4.78, 5) is 0. The Bertz CT molecular complexity index is 176. The van der Waals surface area contributed by atoms with E-state index in [1.807, 2.05) is 0 Å². The topological polar surface area (TPSA) is 0 Å². The first-order valence-electron chi connectivity index (χ1n) is 6.01. The van der Waals surface area contributed by atoms with Crippen molar-refractivity contribution in [2.45, 2.75) is 53.4 Å². The zero-order valence-electron chi connectivity index (χ0n) is 10.3. The average molecular weight is 194 g/mol. The molecule has 0 aromatic heterocycles. The van der Waals surface area contributed by atoms with Gasteiger partial charge in [0.05, 0.1) is 0 Å². The van der Waals surface area contributed by atoms with E-state index in [0.717, 1.165) is 12.3 Å². The van der Waals surface area contributed by atoms with Gasteiger partial charge in [-0.2, -0.15) is 0 Å². The van der Waals surface area contributed by atoms with Crippen molar-refractivity contribution in [1.82, 2.24) is 0 Å². The molecular formula is C14H26. The maximum atomic E-state index is 4.12. The molecule has 0 saturated heterocycles. The normalized spacial score (nSPS) is 15.7. The lowest BCUT2D eigenvalue weighted by Crippen LogP contribution is -1.98. The van der Waals surface area contributed by atoms with E-state index in [-0.39, 0.29) is 0 Å². The van der Waals surface area contributed by atoms with Crippen LogP contribution in [0.1, 0.15) is 53.4 Å². The molecule has 0 aromatic rings. The van der Waals surface area contributed by atoms with E-state index in [4.69, 9.17) is 0 Å². The molecule has 2 atom stereocenters. The molecule has 0 spiro atoms. The predicted octanol–water partition coefficient (Wildman–Crippen LogP) is 4.97. The van der Waals surface area contributed by atoms with Gasteiger partial charge in [0.25, 0.3) is 0 Å². The number of rotatable bonds is 7. The highest BCUT2D eigenvalue weighted by Gasteiger charge is 2.04. The van der Waals surface area contributed by atoms with E-state index in [1.165, 1.54) is 24.8 Å². The summed E-state index contributed by atoms with van der Waals surface area (Å²) in [7, 11) is 0. The minimum Gasteiger partial charge on any atom is -0.0993 e. The van der Waals surface area contributed by atoms with Gasteiger partial charge in [-0.15, -0.1) is 0 Å². The highest BCUT2D eigenvalue weighted by Crippen LogP contribution is 2.19. The van der Waals surface area contributed by atoms with E-state index in [2.05, 4.69) is 46.4 Å². The van der Waals surface area contributed by atoms with Crippen LogP contribution in [0.15, 0.2) is 24.3 Å². The van der Waals surface area contributed by atoms with Crippen LogP contribution in [-0.4, -0.2) is 0 Å². The zero-order valence-corrected chi connectivity index (χ0v) is 10.3. The fraction of sp³-hybridized carbons (Fsp3) is 0.714. The van der Waals surface area contributed by atoms with Crippen LogP contribution in [0.5, 0.6) is 0 Å². The van der Waals surface area contributed by atoms with Gasteiger partial charge >= 0.3 is 0 Å². The van der Waals surface area contributed by atoms with Crippen LogP contribution >= 0.6 is 0 Å². The fourth-order valence-corrected chi connectivity index (χ4v) is 1.70. The quantitative estimate of drug-likeness (QED) is 0.502. The SMILES string of the molecule is C=C(CC)C(C=CC(C)CCC)CC. The second kappa shape index (κ2) is 7.84. The largest absolute Gasteiger partial charge is 0.0993 e. The summed E-state index contributed by atoms with van der Waals surface area (Å²) in [6, 6.07) is 0. The van der Waals surface area contributed by atoms with E-state index >= 15 is 0 Å². The summed E-state index contributed by atoms with van der Waals surface area (Å²) in [6.45, 7) is 13.1. The van der Waals surface area contributed by atoms with Gasteiger partial charge in [0.1, 0.15) is 0 Å². The van der Waals surface area contributed by atoms with Crippen molar-refractivity contribution in [3.05, 3.63) is 24.3 Å². The third kappa shape index (κ3) is 5.26. The van der Waals surface area contributed by atoms with Crippen molar-refractivity contribution in [2.75, 3.05) is 0 Å². The smallest absolute Gasteiger partial charge is 0.00286 e. The Morgan fingerprint density at radius 3 is 2.29 bits per heavy atom. The molecule has 0 saturated carbocycles. The van der Waals surface area contributed by atoms with Crippen molar-refractivity contribution in [2.24, 2.45) is 11.8 Å². The summed E-state index contributed by atoms with van der Waals surface area (Å²) < 4.78 is 0. The third-order valence-corrected chi connectivity index (χ3v) is 2.83. The van der Waals surface area contributed by atoms with Crippen molar-refractivity contribution in [1.29, 1.82) is 0 Å². The highest BCUT2D eigenvalue weighted by atomic mass is 14.1. The average Bonchev–Trinajstić information content (AvgIpc) is 2.18. The Balaban J connectivity index is 4.09. The Kier molecular flexibility index (Phi) is 7.55. The maximum absolute atomic E-state index is 4.12. The molecule has 0 aliphatic heterocycles. The van der Waals surface area contributed by atoms with Crippen molar-refractivity contribution >= 4 is 0 Å². The first-order chi connectivity index (χ1) is 6.65. The summed E-state index contributed by atoms with van der Waals surface area (Å²) in [6.07, 6.45) is 9.57.